The van der Waals surface area contributed by atoms with Gasteiger partial charge in [0.15, 0.2) is 0 Å². The Hall–Kier alpha value is -2.36. The Bertz CT molecular complexity index is 732. The fraction of sp³-hybridized carbons (Fsp3) is 0.200. The monoisotopic (exact) mass is 250 g/mol. The van der Waals surface area contributed by atoms with Crippen molar-refractivity contribution in [3.8, 4) is 0 Å². The zero-order valence-corrected chi connectivity index (χ0v) is 10.5. The van der Waals surface area contributed by atoms with Crippen molar-refractivity contribution in [1.29, 1.82) is 0 Å². The van der Waals surface area contributed by atoms with E-state index in [4.69, 9.17) is 0 Å². The van der Waals surface area contributed by atoms with E-state index in [-0.39, 0.29) is 0 Å². The summed E-state index contributed by atoms with van der Waals surface area (Å²) in [4.78, 5) is 2.36. The van der Waals surface area contributed by atoms with Crippen molar-refractivity contribution >= 4 is 16.7 Å². The molecule has 4 nitrogen and oxygen atoms in total. The lowest BCUT2D eigenvalue weighted by molar-refractivity contribution is 0.584. The van der Waals surface area contributed by atoms with Gasteiger partial charge in [-0.2, -0.15) is 0 Å². The molecule has 0 radical (unpaired) electrons. The van der Waals surface area contributed by atoms with Crippen molar-refractivity contribution in [2.24, 2.45) is 0 Å². The van der Waals surface area contributed by atoms with Crippen LogP contribution in [0.2, 0.25) is 0 Å². The maximum Gasteiger partial charge on any atom is 0.114 e. The summed E-state index contributed by atoms with van der Waals surface area (Å²) in [7, 11) is 0. The van der Waals surface area contributed by atoms with E-state index in [1.54, 1.807) is 0 Å². The number of hydrogen-bond acceptors (Lipinski definition) is 3. The molecular formula is C15H14N4. The van der Waals surface area contributed by atoms with Crippen molar-refractivity contribution in [3.63, 3.8) is 0 Å². The summed E-state index contributed by atoms with van der Waals surface area (Å²) in [5.74, 6) is 0. The molecule has 0 N–H and O–H groups in total. The Kier molecular flexibility index (Phi) is 2.27. The molecule has 3 aromatic rings. The van der Waals surface area contributed by atoms with Crippen LogP contribution >= 0.6 is 0 Å². The third kappa shape index (κ3) is 1.68. The number of nitrogens with zero attached hydrogens (tertiary/aromatic N) is 4. The normalized spacial score (nSPS) is 14.0. The van der Waals surface area contributed by atoms with Crippen LogP contribution in [-0.4, -0.2) is 21.5 Å². The fourth-order valence-corrected chi connectivity index (χ4v) is 2.74. The number of rotatable bonds is 2. The number of hydrogen-bond donors (Lipinski definition) is 0. The van der Waals surface area contributed by atoms with Gasteiger partial charge in [-0.25, -0.2) is 4.68 Å². The van der Waals surface area contributed by atoms with Gasteiger partial charge in [0.2, 0.25) is 0 Å². The minimum absolute atomic E-state index is 0.761. The minimum Gasteiger partial charge on any atom is -0.351 e. The summed E-state index contributed by atoms with van der Waals surface area (Å²) >= 11 is 0. The van der Waals surface area contributed by atoms with Crippen LogP contribution in [0.5, 0.6) is 0 Å². The van der Waals surface area contributed by atoms with Gasteiger partial charge in [-0.05, 0) is 30.2 Å². The number of para-hydroxylation sites is 2. The van der Waals surface area contributed by atoms with Crippen LogP contribution < -0.4 is 4.90 Å². The van der Waals surface area contributed by atoms with E-state index < -0.39 is 0 Å². The molecule has 2 heterocycles. The summed E-state index contributed by atoms with van der Waals surface area (Å²) < 4.78 is 1.97. The highest BCUT2D eigenvalue weighted by Crippen LogP contribution is 2.28. The molecule has 0 amide bonds. The number of anilines is 1. The Morgan fingerprint density at radius 3 is 2.84 bits per heavy atom. The third-order valence-corrected chi connectivity index (χ3v) is 3.71. The predicted molar refractivity (Wildman–Crippen MR) is 75.0 cm³/mol. The summed E-state index contributed by atoms with van der Waals surface area (Å²) in [6.45, 7) is 1.81. The third-order valence-electron chi connectivity index (χ3n) is 3.71. The lowest BCUT2D eigenvalue weighted by Crippen LogP contribution is -2.24. The Balaban J connectivity index is 1.70. The van der Waals surface area contributed by atoms with Gasteiger partial charge in [-0.1, -0.05) is 35.5 Å². The Labute approximate surface area is 111 Å². The van der Waals surface area contributed by atoms with Gasteiger partial charge in [0, 0.05) is 12.2 Å². The van der Waals surface area contributed by atoms with Crippen LogP contribution in [0.3, 0.4) is 0 Å². The lowest BCUT2D eigenvalue weighted by Gasteiger charge is -2.19. The largest absolute Gasteiger partial charge is 0.351 e. The molecule has 0 bridgehead atoms. The zero-order chi connectivity index (χ0) is 12.7. The maximum absolute atomic E-state index is 4.26. The smallest absolute Gasteiger partial charge is 0.114 e. The average molecular weight is 250 g/mol. The molecular weight excluding hydrogens is 236 g/mol. The van der Waals surface area contributed by atoms with E-state index in [0.29, 0.717) is 0 Å². The van der Waals surface area contributed by atoms with Gasteiger partial charge in [-0.15, -0.1) is 5.10 Å². The van der Waals surface area contributed by atoms with E-state index in [1.165, 1.54) is 11.3 Å². The van der Waals surface area contributed by atoms with Crippen molar-refractivity contribution in [2.75, 3.05) is 11.4 Å². The Morgan fingerprint density at radius 2 is 1.84 bits per heavy atom. The molecule has 4 rings (SSSR count). The van der Waals surface area contributed by atoms with Gasteiger partial charge >= 0.3 is 0 Å². The van der Waals surface area contributed by atoms with Crippen LogP contribution in [0.15, 0.2) is 48.5 Å². The van der Waals surface area contributed by atoms with E-state index in [9.17, 15) is 0 Å². The van der Waals surface area contributed by atoms with Crippen molar-refractivity contribution in [3.05, 3.63) is 54.1 Å². The quantitative estimate of drug-likeness (QED) is 0.700. The van der Waals surface area contributed by atoms with Gasteiger partial charge in [-0.3, -0.25) is 0 Å². The molecule has 0 saturated heterocycles. The first-order chi connectivity index (χ1) is 9.42. The maximum atomic E-state index is 4.26. The highest BCUT2D eigenvalue weighted by molar-refractivity contribution is 5.74. The molecule has 4 heteroatoms. The SMILES string of the molecule is c1ccc2c(c1)CCN2Cn1nnc2ccccc21. The summed E-state index contributed by atoms with van der Waals surface area (Å²) in [5, 5.41) is 8.46. The molecule has 1 aromatic heterocycles. The second kappa shape index (κ2) is 4.09. The average Bonchev–Trinajstić information content (AvgIpc) is 3.05. The molecule has 2 aromatic carbocycles. The fourth-order valence-electron chi connectivity index (χ4n) is 2.74. The van der Waals surface area contributed by atoms with Crippen LogP contribution in [0.1, 0.15) is 5.56 Å². The van der Waals surface area contributed by atoms with E-state index in [1.807, 2.05) is 22.9 Å². The second-order valence-corrected chi connectivity index (χ2v) is 4.86. The van der Waals surface area contributed by atoms with Crippen LogP contribution in [0.4, 0.5) is 5.69 Å². The minimum atomic E-state index is 0.761. The highest BCUT2D eigenvalue weighted by Gasteiger charge is 2.19. The summed E-state index contributed by atoms with van der Waals surface area (Å²) in [6, 6.07) is 16.7. The van der Waals surface area contributed by atoms with E-state index in [0.717, 1.165) is 30.7 Å². The summed E-state index contributed by atoms with van der Waals surface area (Å²) in [5.41, 5.74) is 4.79. The van der Waals surface area contributed by atoms with Crippen molar-refractivity contribution < 1.29 is 0 Å². The highest BCUT2D eigenvalue weighted by atomic mass is 15.5. The van der Waals surface area contributed by atoms with Crippen molar-refractivity contribution in [1.82, 2.24) is 15.0 Å². The predicted octanol–water partition coefficient (Wildman–Crippen LogP) is 2.45. The molecule has 1 aliphatic rings. The number of aromatic nitrogens is 3. The molecule has 0 unspecified atom stereocenters. The Morgan fingerprint density at radius 1 is 1.00 bits per heavy atom. The van der Waals surface area contributed by atoms with Gasteiger partial charge < -0.3 is 4.90 Å². The molecule has 0 atom stereocenters. The zero-order valence-electron chi connectivity index (χ0n) is 10.5. The van der Waals surface area contributed by atoms with E-state index >= 15 is 0 Å². The van der Waals surface area contributed by atoms with Gasteiger partial charge in [0.1, 0.15) is 12.2 Å². The number of fused-ring (bicyclic) bond motifs is 2. The second-order valence-electron chi connectivity index (χ2n) is 4.86. The molecule has 0 aliphatic carbocycles. The van der Waals surface area contributed by atoms with Crippen LogP contribution in [-0.2, 0) is 13.1 Å². The molecule has 19 heavy (non-hydrogen) atoms. The molecule has 0 saturated carbocycles. The molecule has 0 spiro atoms. The van der Waals surface area contributed by atoms with Crippen LogP contribution in [0.25, 0.3) is 11.0 Å². The van der Waals surface area contributed by atoms with Crippen LogP contribution in [0, 0.1) is 0 Å². The number of benzene rings is 2. The topological polar surface area (TPSA) is 34.0 Å². The molecule has 94 valence electrons. The van der Waals surface area contributed by atoms with Gasteiger partial charge in [0.25, 0.3) is 0 Å². The lowest BCUT2D eigenvalue weighted by atomic mass is 10.2. The molecule has 1 aliphatic heterocycles. The van der Waals surface area contributed by atoms with Crippen molar-refractivity contribution in [2.45, 2.75) is 13.1 Å². The first-order valence-corrected chi connectivity index (χ1v) is 6.53. The standard InChI is InChI=1S/C15H14N4/c1-3-7-14-12(5-1)9-10-18(14)11-19-15-8-4-2-6-13(15)16-17-19/h1-8H,9-11H2. The summed E-state index contributed by atoms with van der Waals surface area (Å²) in [6.07, 6.45) is 1.11. The van der Waals surface area contributed by atoms with E-state index in [2.05, 4.69) is 45.5 Å². The first-order valence-electron chi connectivity index (χ1n) is 6.53. The molecule has 0 fully saturated rings. The first kappa shape index (κ1) is 10.6. The van der Waals surface area contributed by atoms with Gasteiger partial charge in [0.05, 0.1) is 5.52 Å².